The zero-order valence-electron chi connectivity index (χ0n) is 20.1. The van der Waals surface area contributed by atoms with Gasteiger partial charge in [0.25, 0.3) is 5.56 Å². The number of aliphatic hydroxyl groups excluding tert-OH is 1. The van der Waals surface area contributed by atoms with Crippen LogP contribution < -0.4 is 15.8 Å². The maximum absolute atomic E-state index is 15.4. The smallest absolute Gasteiger partial charge is 0.462 e. The molecule has 196 valence electrons. The first-order chi connectivity index (χ1) is 16.9. The number of benzene rings is 1. The molecule has 1 aromatic carbocycles. The monoisotopic (exact) mass is 528 g/mol. The standard InChI is InChI=1S/C22H27FN3O9P/c1-13(2)33-19(29)14(3)26(36(31)35-15-8-6-5-7-9-15)32-12-16-18(28)22(4,23)20(34-16)25-11-10-17(27)24-21(25)30/h5-11,13-14,16,18,20,28H,12H2,1-4H3/p+1/t14-,16+,18+,20+,22+/m0/s1. The third-order valence-corrected chi connectivity index (χ3v) is 6.45. The lowest BCUT2D eigenvalue weighted by Gasteiger charge is -2.24. The van der Waals surface area contributed by atoms with E-state index >= 15 is 4.39 Å². The highest BCUT2D eigenvalue weighted by atomic mass is 31.1. The second kappa shape index (κ2) is 11.4. The fraction of sp³-hybridized carbons (Fsp3) is 0.500. The number of para-hydroxylation sites is 1. The van der Waals surface area contributed by atoms with Crippen LogP contribution in [0.2, 0.25) is 0 Å². The average Bonchev–Trinajstić information content (AvgIpc) is 3.03. The van der Waals surface area contributed by atoms with Crippen molar-refractivity contribution in [2.45, 2.75) is 63.9 Å². The third-order valence-electron chi connectivity index (χ3n) is 5.30. The number of hydrogen-bond acceptors (Lipinski definition) is 9. The summed E-state index contributed by atoms with van der Waals surface area (Å²) in [5.41, 5.74) is -4.09. The summed E-state index contributed by atoms with van der Waals surface area (Å²) >= 11 is 0. The van der Waals surface area contributed by atoms with Gasteiger partial charge in [-0.1, -0.05) is 18.2 Å². The fourth-order valence-corrected chi connectivity index (χ4v) is 4.37. The van der Waals surface area contributed by atoms with E-state index in [0.717, 1.165) is 28.6 Å². The van der Waals surface area contributed by atoms with E-state index in [0.29, 0.717) is 0 Å². The van der Waals surface area contributed by atoms with Gasteiger partial charge in [0.1, 0.15) is 18.8 Å². The molecule has 14 heteroatoms. The van der Waals surface area contributed by atoms with Crippen LogP contribution in [0, 0.1) is 0 Å². The summed E-state index contributed by atoms with van der Waals surface area (Å²) in [5, 5.41) is 10.6. The van der Waals surface area contributed by atoms with E-state index < -0.39 is 68.3 Å². The number of nitrogens with one attached hydrogen (secondary N) is 1. The van der Waals surface area contributed by atoms with E-state index in [1.54, 1.807) is 44.2 Å². The van der Waals surface area contributed by atoms with Crippen molar-refractivity contribution in [3.63, 3.8) is 0 Å². The van der Waals surface area contributed by atoms with Gasteiger partial charge in [-0.05, 0) is 39.8 Å². The molecule has 12 nitrogen and oxygen atoms in total. The normalized spacial score (nSPS) is 25.1. The second-order valence-corrected chi connectivity index (χ2v) is 9.59. The number of aromatic amines is 1. The van der Waals surface area contributed by atoms with E-state index in [4.69, 9.17) is 18.8 Å². The van der Waals surface area contributed by atoms with Crippen LogP contribution in [0.15, 0.2) is 52.2 Å². The molecule has 6 atom stereocenters. The highest BCUT2D eigenvalue weighted by molar-refractivity contribution is 7.36. The first-order valence-corrected chi connectivity index (χ1v) is 12.2. The number of carbonyl (C=O) groups is 1. The summed E-state index contributed by atoms with van der Waals surface area (Å²) in [6.07, 6.45) is -4.15. The maximum atomic E-state index is 15.4. The molecule has 1 saturated heterocycles. The van der Waals surface area contributed by atoms with E-state index in [-0.39, 0.29) is 5.75 Å². The van der Waals surface area contributed by atoms with Crippen LogP contribution >= 0.6 is 8.18 Å². The predicted octanol–water partition coefficient (Wildman–Crippen LogP) is 1.83. The Bertz CT molecular complexity index is 1190. The van der Waals surface area contributed by atoms with Crippen molar-refractivity contribution in [2.24, 2.45) is 0 Å². The lowest BCUT2D eigenvalue weighted by Crippen LogP contribution is -2.44. The summed E-state index contributed by atoms with van der Waals surface area (Å²) in [6.45, 7) is 5.12. The molecule has 0 spiro atoms. The van der Waals surface area contributed by atoms with Crippen molar-refractivity contribution in [3.8, 4) is 5.75 Å². The molecule has 36 heavy (non-hydrogen) atoms. The minimum Gasteiger partial charge on any atom is -0.462 e. The maximum Gasteiger partial charge on any atom is 0.693 e. The van der Waals surface area contributed by atoms with Gasteiger partial charge in [-0.25, -0.2) is 13.7 Å². The van der Waals surface area contributed by atoms with Crippen molar-refractivity contribution in [1.29, 1.82) is 0 Å². The summed E-state index contributed by atoms with van der Waals surface area (Å²) in [5.74, 6) is -0.520. The molecule has 2 aromatic rings. The molecular formula is C22H28FN3O9P+. The summed E-state index contributed by atoms with van der Waals surface area (Å²) in [6, 6.07) is 7.93. The zero-order valence-corrected chi connectivity index (χ0v) is 21.0. The van der Waals surface area contributed by atoms with E-state index in [2.05, 4.69) is 0 Å². The minimum atomic E-state index is -2.80. The second-order valence-electron chi connectivity index (χ2n) is 8.54. The first-order valence-electron chi connectivity index (χ1n) is 11.1. The molecule has 3 rings (SSSR count). The molecule has 2 N–H and O–H groups in total. The van der Waals surface area contributed by atoms with Crippen LogP contribution in [0.1, 0.15) is 33.9 Å². The molecule has 1 unspecified atom stereocenters. The van der Waals surface area contributed by atoms with Gasteiger partial charge >= 0.3 is 19.8 Å². The number of rotatable bonds is 10. The third kappa shape index (κ3) is 6.23. The number of carbonyl (C=O) groups excluding carboxylic acids is 1. The molecule has 0 saturated carbocycles. The SMILES string of the molecule is CC(C)OC(=O)[C@H](C)N(OC[C@H]1O[C@@H](n2ccc(=O)[nH]c2=O)[C@](C)(F)[C@@H]1O)[P+](=O)Oc1ccccc1. The minimum absolute atomic E-state index is 0.239. The Morgan fingerprint density at radius 2 is 1.94 bits per heavy atom. The van der Waals surface area contributed by atoms with Gasteiger partial charge in [-0.3, -0.25) is 24.0 Å². The van der Waals surface area contributed by atoms with Gasteiger partial charge in [-0.2, -0.15) is 0 Å². The lowest BCUT2D eigenvalue weighted by molar-refractivity contribution is -0.183. The quantitative estimate of drug-likeness (QED) is 0.266. The Morgan fingerprint density at radius 3 is 2.56 bits per heavy atom. The van der Waals surface area contributed by atoms with Crippen LogP contribution in [0.25, 0.3) is 0 Å². The van der Waals surface area contributed by atoms with Crippen LogP contribution in [0.3, 0.4) is 0 Å². The molecule has 0 bridgehead atoms. The summed E-state index contributed by atoms with van der Waals surface area (Å²) in [7, 11) is -2.80. The van der Waals surface area contributed by atoms with Gasteiger partial charge in [0.05, 0.1) is 10.9 Å². The molecule has 0 radical (unpaired) electrons. The number of esters is 1. The first kappa shape index (κ1) is 27.6. The Morgan fingerprint density at radius 1 is 1.28 bits per heavy atom. The number of hydroxylamine groups is 1. The molecule has 0 amide bonds. The van der Waals surface area contributed by atoms with Gasteiger partial charge in [-0.15, -0.1) is 0 Å². The van der Waals surface area contributed by atoms with Crippen molar-refractivity contribution < 1.29 is 37.7 Å². The number of nitrogens with zero attached hydrogens (tertiary/aromatic N) is 2. The molecule has 2 heterocycles. The molecule has 0 aliphatic carbocycles. The number of ether oxygens (including phenoxy) is 2. The van der Waals surface area contributed by atoms with Crippen LogP contribution in [0.4, 0.5) is 4.39 Å². The Hall–Kier alpha value is -2.96. The average molecular weight is 528 g/mol. The number of alkyl halides is 1. The highest BCUT2D eigenvalue weighted by Gasteiger charge is 2.56. The number of hydrogen-bond donors (Lipinski definition) is 2. The Labute approximate surface area is 206 Å². The fourth-order valence-electron chi connectivity index (χ4n) is 3.45. The van der Waals surface area contributed by atoms with Crippen molar-refractivity contribution in [3.05, 3.63) is 63.4 Å². The zero-order chi connectivity index (χ0) is 26.6. The van der Waals surface area contributed by atoms with E-state index in [9.17, 15) is 24.1 Å². The largest absolute Gasteiger partial charge is 0.693 e. The van der Waals surface area contributed by atoms with Crippen molar-refractivity contribution in [2.75, 3.05) is 6.61 Å². The van der Waals surface area contributed by atoms with Crippen LogP contribution in [0.5, 0.6) is 5.75 Å². The Balaban J connectivity index is 1.79. The Kier molecular flexibility index (Phi) is 8.75. The van der Waals surface area contributed by atoms with Gasteiger partial charge < -0.3 is 14.6 Å². The highest BCUT2D eigenvalue weighted by Crippen LogP contribution is 2.41. The number of halogens is 1. The molecule has 1 fully saturated rings. The van der Waals surface area contributed by atoms with E-state index in [1.165, 1.54) is 6.92 Å². The molecular weight excluding hydrogens is 500 g/mol. The molecule has 1 aliphatic rings. The van der Waals surface area contributed by atoms with Gasteiger partial charge in [0, 0.05) is 16.8 Å². The number of aromatic nitrogens is 2. The van der Waals surface area contributed by atoms with Gasteiger partial charge in [0.2, 0.25) is 0 Å². The van der Waals surface area contributed by atoms with E-state index in [1.807, 2.05) is 4.98 Å². The lowest BCUT2D eigenvalue weighted by atomic mass is 9.98. The van der Waals surface area contributed by atoms with Crippen molar-refractivity contribution >= 4 is 14.1 Å². The number of aliphatic hydroxyl groups is 1. The number of H-pyrrole nitrogens is 1. The van der Waals surface area contributed by atoms with Crippen molar-refractivity contribution in [1.82, 2.24) is 14.4 Å². The molecule has 1 aliphatic heterocycles. The van der Waals surface area contributed by atoms with Crippen LogP contribution in [-0.2, 0) is 23.7 Å². The molecule has 1 aromatic heterocycles. The predicted molar refractivity (Wildman–Crippen MR) is 124 cm³/mol. The summed E-state index contributed by atoms with van der Waals surface area (Å²) in [4.78, 5) is 44.3. The van der Waals surface area contributed by atoms with Crippen LogP contribution in [-0.4, -0.2) is 62.1 Å². The summed E-state index contributed by atoms with van der Waals surface area (Å²) < 4.78 is 45.3. The topological polar surface area (TPSA) is 149 Å². The van der Waals surface area contributed by atoms with Gasteiger partial charge in [0.15, 0.2) is 23.7 Å².